The summed E-state index contributed by atoms with van der Waals surface area (Å²) in [5.74, 6) is 2.59. The van der Waals surface area contributed by atoms with E-state index in [0.717, 1.165) is 65.8 Å². The van der Waals surface area contributed by atoms with Gasteiger partial charge in [0.05, 0.1) is 33.5 Å². The van der Waals surface area contributed by atoms with Gasteiger partial charge in [-0.2, -0.15) is 0 Å². The number of anilines is 1. The van der Waals surface area contributed by atoms with E-state index in [-0.39, 0.29) is 11.9 Å². The molecule has 41 heavy (non-hydrogen) atoms. The van der Waals surface area contributed by atoms with Crippen LogP contribution in [0.2, 0.25) is 5.02 Å². The summed E-state index contributed by atoms with van der Waals surface area (Å²) in [6.07, 6.45) is 10.1. The van der Waals surface area contributed by atoms with E-state index >= 15 is 0 Å². The van der Waals surface area contributed by atoms with Gasteiger partial charge >= 0.3 is 5.76 Å². The van der Waals surface area contributed by atoms with E-state index in [1.54, 1.807) is 12.4 Å². The first-order valence-corrected chi connectivity index (χ1v) is 14.6. The third kappa shape index (κ3) is 4.92. The van der Waals surface area contributed by atoms with Crippen molar-refractivity contribution >= 4 is 28.6 Å². The third-order valence-corrected chi connectivity index (χ3v) is 8.63. The summed E-state index contributed by atoms with van der Waals surface area (Å²) < 4.78 is 12.9. The topological polar surface area (TPSA) is 132 Å². The van der Waals surface area contributed by atoms with E-state index in [1.807, 2.05) is 25.1 Å². The lowest BCUT2D eigenvalue weighted by Crippen LogP contribution is -2.27. The minimum atomic E-state index is -0.645. The zero-order valence-electron chi connectivity index (χ0n) is 23.0. The first kappa shape index (κ1) is 25.9. The van der Waals surface area contributed by atoms with E-state index < -0.39 is 5.76 Å². The van der Waals surface area contributed by atoms with Crippen LogP contribution in [0.4, 0.5) is 5.95 Å². The fraction of sp³-hybridized carbons (Fsp3) is 0.448. The van der Waals surface area contributed by atoms with Crippen LogP contribution in [0.15, 0.2) is 44.4 Å². The molecule has 1 unspecified atom stereocenters. The molecule has 0 amide bonds. The molecule has 1 aliphatic heterocycles. The summed E-state index contributed by atoms with van der Waals surface area (Å²) in [6, 6.07) is 5.76. The number of aryl methyl sites for hydroxylation is 1. The number of nitrogens with zero attached hydrogens (tertiary/aromatic N) is 7. The molecule has 1 N–H and O–H groups in total. The van der Waals surface area contributed by atoms with Crippen LogP contribution >= 0.6 is 11.6 Å². The lowest BCUT2D eigenvalue weighted by molar-refractivity contribution is 0.266. The molecule has 11 nitrogen and oxygen atoms in total. The number of hydrogen-bond donors (Lipinski definition) is 1. The summed E-state index contributed by atoms with van der Waals surface area (Å²) in [6.45, 7) is 5.95. The minimum absolute atomic E-state index is 0.0359. The molecule has 1 atom stereocenters. The number of imidazole rings is 1. The smallest absolute Gasteiger partial charge is 0.359 e. The Balaban J connectivity index is 1.44. The molecule has 2 aliphatic rings. The first-order chi connectivity index (χ1) is 19.9. The van der Waals surface area contributed by atoms with E-state index in [0.29, 0.717) is 22.3 Å². The van der Waals surface area contributed by atoms with Crippen molar-refractivity contribution in [1.82, 2.24) is 34.8 Å². The van der Waals surface area contributed by atoms with Crippen molar-refractivity contribution in [1.29, 1.82) is 0 Å². The Labute approximate surface area is 240 Å². The van der Waals surface area contributed by atoms with E-state index in [9.17, 15) is 4.79 Å². The Morgan fingerprint density at radius 3 is 2.63 bits per heavy atom. The summed E-state index contributed by atoms with van der Waals surface area (Å²) in [7, 11) is 0. The van der Waals surface area contributed by atoms with Gasteiger partial charge in [-0.05, 0) is 56.6 Å². The average Bonchev–Trinajstić information content (AvgIpc) is 3.76. The van der Waals surface area contributed by atoms with Crippen molar-refractivity contribution < 1.29 is 9.05 Å². The van der Waals surface area contributed by atoms with Gasteiger partial charge in [0.15, 0.2) is 5.76 Å². The zero-order chi connectivity index (χ0) is 28.1. The number of rotatable bonds is 6. The number of aromatic nitrogens is 7. The maximum Gasteiger partial charge on any atom is 0.439 e. The Bertz CT molecular complexity index is 1760. The van der Waals surface area contributed by atoms with Gasteiger partial charge in [-0.15, -0.1) is 0 Å². The van der Waals surface area contributed by atoms with Gasteiger partial charge in [0.2, 0.25) is 11.8 Å². The average molecular weight is 575 g/mol. The highest BCUT2D eigenvalue weighted by molar-refractivity contribution is 6.30. The highest BCUT2D eigenvalue weighted by Gasteiger charge is 2.34. The molecule has 5 aromatic heterocycles. The van der Waals surface area contributed by atoms with Crippen LogP contribution < -0.4 is 10.7 Å². The van der Waals surface area contributed by atoms with E-state index in [2.05, 4.69) is 36.7 Å². The first-order valence-electron chi connectivity index (χ1n) is 14.2. The van der Waals surface area contributed by atoms with E-state index in [1.165, 1.54) is 25.7 Å². The monoisotopic (exact) mass is 574 g/mol. The van der Waals surface area contributed by atoms with Gasteiger partial charge in [-0.3, -0.25) is 14.5 Å². The maximum atomic E-state index is 11.8. The number of pyridine rings is 2. The number of H-pyrrole nitrogens is 1. The molecular weight excluding hydrogens is 544 g/mol. The second kappa shape index (κ2) is 10.4. The molecule has 1 saturated carbocycles. The molecule has 0 bridgehead atoms. The van der Waals surface area contributed by atoms with Crippen LogP contribution in [0.5, 0.6) is 0 Å². The fourth-order valence-electron chi connectivity index (χ4n) is 6.35. The van der Waals surface area contributed by atoms with Gasteiger partial charge in [0.25, 0.3) is 0 Å². The molecule has 2 fully saturated rings. The lowest BCUT2D eigenvalue weighted by Gasteiger charge is -2.30. The van der Waals surface area contributed by atoms with Crippen LogP contribution in [0, 0.1) is 18.8 Å². The highest BCUT2D eigenvalue weighted by atomic mass is 35.5. The van der Waals surface area contributed by atoms with Gasteiger partial charge in [0, 0.05) is 37.1 Å². The van der Waals surface area contributed by atoms with Gasteiger partial charge in [-0.1, -0.05) is 41.7 Å². The van der Waals surface area contributed by atoms with Crippen LogP contribution in [0.1, 0.15) is 62.9 Å². The lowest BCUT2D eigenvalue weighted by atomic mass is 9.83. The van der Waals surface area contributed by atoms with Gasteiger partial charge in [0.1, 0.15) is 5.69 Å². The molecule has 6 heterocycles. The normalized spacial score (nSPS) is 21.2. The Kier molecular flexibility index (Phi) is 6.61. The number of nitrogens with one attached hydrogen (secondary N) is 1. The molecule has 0 radical (unpaired) electrons. The third-order valence-electron chi connectivity index (χ3n) is 8.43. The molecule has 0 spiro atoms. The highest BCUT2D eigenvalue weighted by Crippen LogP contribution is 2.41. The molecule has 0 aromatic carbocycles. The Hall–Kier alpha value is -3.99. The Morgan fingerprint density at radius 1 is 1.05 bits per heavy atom. The van der Waals surface area contributed by atoms with Crippen molar-refractivity contribution in [3.8, 4) is 22.8 Å². The molecule has 5 aromatic rings. The molecule has 7 rings (SSSR count). The Morgan fingerprint density at radius 2 is 1.90 bits per heavy atom. The van der Waals surface area contributed by atoms with Crippen molar-refractivity contribution in [3.05, 3.63) is 57.6 Å². The second-order valence-electron chi connectivity index (χ2n) is 11.4. The van der Waals surface area contributed by atoms with Crippen molar-refractivity contribution in [2.45, 2.75) is 65.0 Å². The van der Waals surface area contributed by atoms with Crippen molar-refractivity contribution in [2.75, 3.05) is 11.4 Å². The van der Waals surface area contributed by atoms with Gasteiger partial charge in [-0.25, -0.2) is 14.8 Å². The van der Waals surface area contributed by atoms with Crippen LogP contribution in [0.3, 0.4) is 0 Å². The molecule has 1 saturated heterocycles. The molecule has 1 aliphatic carbocycles. The maximum absolute atomic E-state index is 11.8. The standard InChI is InChI=1S/C29H31ClN8O3/c1-16-5-7-18(8-6-16)15-38-26-21(33-28(38)37-9-3-4-23(37)24-10-17(2)35-40-24)12-22(27-34-29(39)41-36-27)32-25(26)19-11-20(30)14-31-13-19/h10-14,16,18,23H,3-9,15H2,1-2H3,(H,34,36,39)/t16-,18-,23?. The van der Waals surface area contributed by atoms with Gasteiger partial charge < -0.3 is 14.0 Å². The quantitative estimate of drug-likeness (QED) is 0.261. The number of aromatic amines is 1. The summed E-state index contributed by atoms with van der Waals surface area (Å²) in [5.41, 5.74) is 4.38. The largest absolute Gasteiger partial charge is 0.439 e. The van der Waals surface area contributed by atoms with Crippen LogP contribution in [-0.2, 0) is 6.54 Å². The molecule has 12 heteroatoms. The predicted molar refractivity (Wildman–Crippen MR) is 154 cm³/mol. The fourth-order valence-corrected chi connectivity index (χ4v) is 6.53. The molecule has 212 valence electrons. The minimum Gasteiger partial charge on any atom is -0.359 e. The predicted octanol–water partition coefficient (Wildman–Crippen LogP) is 5.95. The second-order valence-corrected chi connectivity index (χ2v) is 11.9. The number of fused-ring (bicyclic) bond motifs is 1. The number of halogens is 1. The summed E-state index contributed by atoms with van der Waals surface area (Å²) >= 11 is 6.40. The SMILES string of the molecule is Cc1cc(C2CCCN2c2nc3cc(-c4noc(=O)[nH]4)nc(-c4cncc(Cl)c4)c3n2C[C@H]2CC[C@H](C)CC2)on1. The van der Waals surface area contributed by atoms with Crippen molar-refractivity contribution in [3.63, 3.8) is 0 Å². The number of hydrogen-bond acceptors (Lipinski definition) is 9. The summed E-state index contributed by atoms with van der Waals surface area (Å²) in [4.78, 5) is 31.3. The van der Waals surface area contributed by atoms with Crippen LogP contribution in [0.25, 0.3) is 33.8 Å². The van der Waals surface area contributed by atoms with E-state index in [4.69, 9.17) is 30.6 Å². The summed E-state index contributed by atoms with van der Waals surface area (Å²) in [5, 5.41) is 8.56. The molecular formula is C29H31ClN8O3. The zero-order valence-corrected chi connectivity index (χ0v) is 23.8. The van der Waals surface area contributed by atoms with Crippen molar-refractivity contribution in [2.24, 2.45) is 11.8 Å². The van der Waals surface area contributed by atoms with Crippen LogP contribution in [-0.4, -0.2) is 41.4 Å².